The van der Waals surface area contributed by atoms with Crippen molar-refractivity contribution < 1.29 is 9.53 Å². The minimum Gasteiger partial charge on any atom is -0.457 e. The minimum absolute atomic E-state index is 0.328. The summed E-state index contributed by atoms with van der Waals surface area (Å²) in [6, 6.07) is 0. The van der Waals surface area contributed by atoms with E-state index in [4.69, 9.17) is 4.74 Å². The van der Waals surface area contributed by atoms with Crippen molar-refractivity contribution in [1.29, 1.82) is 0 Å². The van der Waals surface area contributed by atoms with Gasteiger partial charge >= 0.3 is 5.97 Å². The Labute approximate surface area is 73.9 Å². The molecular weight excluding hydrogens is 152 g/mol. The van der Waals surface area contributed by atoms with E-state index in [0.29, 0.717) is 0 Å². The van der Waals surface area contributed by atoms with E-state index in [0.717, 1.165) is 5.57 Å². The second-order valence-corrected chi connectivity index (χ2v) is 3.71. The van der Waals surface area contributed by atoms with Crippen LogP contribution in [0.4, 0.5) is 0 Å². The number of allylic oxidation sites excluding steroid dienone is 2. The molecule has 12 heavy (non-hydrogen) atoms. The lowest BCUT2D eigenvalue weighted by Gasteiger charge is -2.17. The second kappa shape index (κ2) is 4.10. The smallest absolute Gasteiger partial charge is 0.331 e. The average molecular weight is 168 g/mol. The first kappa shape index (κ1) is 11.0. The molecule has 68 valence electrons. The van der Waals surface area contributed by atoms with Gasteiger partial charge in [-0.15, -0.1) is 0 Å². The standard InChI is InChI=1S/C10H16O2/c1-8(2)6-7-9(11)12-10(3,4)5/h6-7H,1H2,2-5H3. The van der Waals surface area contributed by atoms with Crippen LogP contribution in [-0.4, -0.2) is 11.6 Å². The number of rotatable bonds is 2. The van der Waals surface area contributed by atoms with E-state index < -0.39 is 5.60 Å². The molecule has 0 spiro atoms. The normalized spacial score (nSPS) is 11.7. The van der Waals surface area contributed by atoms with Gasteiger partial charge in [-0.1, -0.05) is 18.2 Å². The molecule has 0 atom stereocenters. The Hall–Kier alpha value is -1.05. The van der Waals surface area contributed by atoms with Crippen LogP contribution in [0.25, 0.3) is 0 Å². The van der Waals surface area contributed by atoms with Crippen molar-refractivity contribution in [2.45, 2.75) is 33.3 Å². The molecule has 0 rings (SSSR count). The monoisotopic (exact) mass is 168 g/mol. The van der Waals surface area contributed by atoms with Crippen LogP contribution in [-0.2, 0) is 9.53 Å². The molecule has 2 nitrogen and oxygen atoms in total. The van der Waals surface area contributed by atoms with Crippen molar-refractivity contribution in [2.24, 2.45) is 0 Å². The summed E-state index contributed by atoms with van der Waals surface area (Å²) in [5.74, 6) is -0.328. The van der Waals surface area contributed by atoms with Crippen LogP contribution in [0.5, 0.6) is 0 Å². The first-order valence-electron chi connectivity index (χ1n) is 3.88. The van der Waals surface area contributed by atoms with E-state index in [1.807, 2.05) is 27.7 Å². The minimum atomic E-state index is -0.420. The molecule has 0 radical (unpaired) electrons. The molecule has 0 aromatic rings. The molecule has 0 aromatic heterocycles. The number of carbonyl (C=O) groups is 1. The van der Waals surface area contributed by atoms with Crippen molar-refractivity contribution in [1.82, 2.24) is 0 Å². The molecule has 0 fully saturated rings. The Morgan fingerprint density at radius 1 is 1.33 bits per heavy atom. The van der Waals surface area contributed by atoms with Gasteiger partial charge < -0.3 is 4.74 Å². The van der Waals surface area contributed by atoms with Gasteiger partial charge in [0.05, 0.1) is 0 Å². The highest BCUT2D eigenvalue weighted by Crippen LogP contribution is 2.07. The number of ether oxygens (including phenoxy) is 1. The highest BCUT2D eigenvalue weighted by molar-refractivity contribution is 5.82. The van der Waals surface area contributed by atoms with Crippen LogP contribution in [0.3, 0.4) is 0 Å². The molecule has 0 unspecified atom stereocenters. The van der Waals surface area contributed by atoms with Crippen molar-refractivity contribution in [3.63, 3.8) is 0 Å². The summed E-state index contributed by atoms with van der Waals surface area (Å²) in [6.07, 6.45) is 3.02. The van der Waals surface area contributed by atoms with Crippen LogP contribution in [0.1, 0.15) is 27.7 Å². The summed E-state index contributed by atoms with van der Waals surface area (Å²) in [6.45, 7) is 10.9. The van der Waals surface area contributed by atoms with Gasteiger partial charge in [-0.2, -0.15) is 0 Å². The highest BCUT2D eigenvalue weighted by Gasteiger charge is 2.13. The van der Waals surface area contributed by atoms with Gasteiger partial charge in [0.2, 0.25) is 0 Å². The molecule has 0 amide bonds. The van der Waals surface area contributed by atoms with Crippen LogP contribution in [0.2, 0.25) is 0 Å². The maximum Gasteiger partial charge on any atom is 0.331 e. The highest BCUT2D eigenvalue weighted by atomic mass is 16.6. The Kier molecular flexibility index (Phi) is 3.74. The summed E-state index contributed by atoms with van der Waals surface area (Å²) in [5, 5.41) is 0. The van der Waals surface area contributed by atoms with Crippen LogP contribution in [0.15, 0.2) is 24.3 Å². The zero-order valence-corrected chi connectivity index (χ0v) is 8.18. The van der Waals surface area contributed by atoms with E-state index in [2.05, 4.69) is 6.58 Å². The Morgan fingerprint density at radius 3 is 2.17 bits per heavy atom. The van der Waals surface area contributed by atoms with Crippen LogP contribution < -0.4 is 0 Å². The quantitative estimate of drug-likeness (QED) is 0.359. The summed E-state index contributed by atoms with van der Waals surface area (Å²) >= 11 is 0. The van der Waals surface area contributed by atoms with Crippen molar-refractivity contribution in [3.8, 4) is 0 Å². The van der Waals surface area contributed by atoms with Crippen molar-refractivity contribution in [2.75, 3.05) is 0 Å². The zero-order chi connectivity index (χ0) is 9.78. The van der Waals surface area contributed by atoms with Gasteiger partial charge in [0, 0.05) is 6.08 Å². The summed E-state index contributed by atoms with van der Waals surface area (Å²) in [7, 11) is 0. The van der Waals surface area contributed by atoms with E-state index in [1.54, 1.807) is 6.08 Å². The maximum atomic E-state index is 11.0. The number of hydrogen-bond acceptors (Lipinski definition) is 2. The van der Waals surface area contributed by atoms with Gasteiger partial charge in [0.1, 0.15) is 5.60 Å². The van der Waals surface area contributed by atoms with E-state index in [-0.39, 0.29) is 5.97 Å². The SMILES string of the molecule is C=C(C)C=CC(=O)OC(C)(C)C. The lowest BCUT2D eigenvalue weighted by Crippen LogP contribution is -2.22. The first-order valence-corrected chi connectivity index (χ1v) is 3.88. The average Bonchev–Trinajstić information content (AvgIpc) is 1.79. The fourth-order valence-corrected chi connectivity index (χ4v) is 0.546. The second-order valence-electron chi connectivity index (χ2n) is 3.71. The Balaban J connectivity index is 3.99. The van der Waals surface area contributed by atoms with Crippen LogP contribution in [0, 0.1) is 0 Å². The molecule has 0 aromatic carbocycles. The van der Waals surface area contributed by atoms with Crippen molar-refractivity contribution >= 4 is 5.97 Å². The maximum absolute atomic E-state index is 11.0. The van der Waals surface area contributed by atoms with Gasteiger partial charge in [0.15, 0.2) is 0 Å². The molecular formula is C10H16O2. The summed E-state index contributed by atoms with van der Waals surface area (Å²) in [5.41, 5.74) is 0.414. The van der Waals surface area contributed by atoms with E-state index in [9.17, 15) is 4.79 Å². The summed E-state index contributed by atoms with van der Waals surface area (Å²) in [4.78, 5) is 11.0. The molecule has 0 bridgehead atoms. The van der Waals surface area contributed by atoms with E-state index in [1.165, 1.54) is 6.08 Å². The molecule has 0 saturated carbocycles. The van der Waals surface area contributed by atoms with Crippen LogP contribution >= 0.6 is 0 Å². The Morgan fingerprint density at radius 2 is 1.83 bits per heavy atom. The predicted octanol–water partition coefficient (Wildman–Crippen LogP) is 2.46. The Bertz CT molecular complexity index is 206. The third kappa shape index (κ3) is 7.06. The van der Waals surface area contributed by atoms with Crippen molar-refractivity contribution in [3.05, 3.63) is 24.3 Å². The lowest BCUT2D eigenvalue weighted by atomic mass is 10.2. The third-order valence-electron chi connectivity index (χ3n) is 0.911. The molecule has 2 heteroatoms. The van der Waals surface area contributed by atoms with Gasteiger partial charge in [-0.05, 0) is 27.7 Å². The summed E-state index contributed by atoms with van der Waals surface area (Å²) < 4.78 is 5.02. The lowest BCUT2D eigenvalue weighted by molar-refractivity contribution is -0.148. The van der Waals surface area contributed by atoms with E-state index >= 15 is 0 Å². The van der Waals surface area contributed by atoms with Gasteiger partial charge in [-0.3, -0.25) is 0 Å². The number of hydrogen-bond donors (Lipinski definition) is 0. The topological polar surface area (TPSA) is 26.3 Å². The number of esters is 1. The third-order valence-corrected chi connectivity index (χ3v) is 0.911. The first-order chi connectivity index (χ1) is 5.31. The molecule has 0 heterocycles. The zero-order valence-electron chi connectivity index (χ0n) is 8.18. The fourth-order valence-electron chi connectivity index (χ4n) is 0.546. The largest absolute Gasteiger partial charge is 0.457 e. The molecule has 0 aliphatic heterocycles. The predicted molar refractivity (Wildman–Crippen MR) is 49.8 cm³/mol. The number of carbonyl (C=O) groups excluding carboxylic acids is 1. The van der Waals surface area contributed by atoms with Gasteiger partial charge in [-0.25, -0.2) is 4.79 Å². The molecule has 0 aliphatic carbocycles. The molecule has 0 saturated heterocycles. The molecule has 0 N–H and O–H groups in total. The fraction of sp³-hybridized carbons (Fsp3) is 0.500. The molecule has 0 aliphatic rings. The van der Waals surface area contributed by atoms with Gasteiger partial charge in [0.25, 0.3) is 0 Å².